The van der Waals surface area contributed by atoms with Crippen molar-refractivity contribution in [2.45, 2.75) is 51.4 Å². The Bertz CT molecular complexity index is 1170. The molecule has 0 fully saturated rings. The number of amides is 1. The summed E-state index contributed by atoms with van der Waals surface area (Å²) in [5, 5.41) is 5.86. The van der Waals surface area contributed by atoms with Gasteiger partial charge in [0.1, 0.15) is 18.2 Å². The van der Waals surface area contributed by atoms with E-state index in [9.17, 15) is 18.0 Å². The molecule has 0 radical (unpaired) electrons. The SMILES string of the molecule is Cc1cc2n(n1)C(C(F)(F)F)CCN2C(=O)c1cc(COc2ccc3c(c2)CCC3)cs1. The number of nitrogens with zero attached hydrogens (tertiary/aromatic N) is 3. The van der Waals surface area contributed by atoms with Crippen LogP contribution in [-0.4, -0.2) is 28.4 Å². The van der Waals surface area contributed by atoms with E-state index in [1.54, 1.807) is 13.0 Å². The van der Waals surface area contributed by atoms with Gasteiger partial charge in [0.05, 0.1) is 10.6 Å². The molecule has 0 N–H and O–H groups in total. The average molecular weight is 462 g/mol. The lowest BCUT2D eigenvalue weighted by Gasteiger charge is -2.33. The number of hydrogen-bond donors (Lipinski definition) is 0. The van der Waals surface area contributed by atoms with Crippen LogP contribution in [-0.2, 0) is 19.4 Å². The molecule has 2 aromatic heterocycles. The molecule has 0 bridgehead atoms. The highest BCUT2D eigenvalue weighted by Gasteiger charge is 2.46. The highest BCUT2D eigenvalue weighted by atomic mass is 32.1. The third-order valence-corrected chi connectivity index (χ3v) is 6.97. The number of anilines is 1. The number of thiophene rings is 1. The molecule has 2 aliphatic rings. The molecule has 1 aliphatic heterocycles. The van der Waals surface area contributed by atoms with Gasteiger partial charge in [-0.25, -0.2) is 4.68 Å². The number of halogens is 3. The Balaban J connectivity index is 1.30. The van der Waals surface area contributed by atoms with Crippen LogP contribution in [0.15, 0.2) is 35.7 Å². The zero-order valence-corrected chi connectivity index (χ0v) is 18.3. The zero-order valence-electron chi connectivity index (χ0n) is 17.5. The van der Waals surface area contributed by atoms with Gasteiger partial charge in [-0.05, 0) is 67.3 Å². The van der Waals surface area contributed by atoms with Gasteiger partial charge < -0.3 is 4.74 Å². The first-order valence-corrected chi connectivity index (χ1v) is 11.4. The summed E-state index contributed by atoms with van der Waals surface area (Å²) in [7, 11) is 0. The van der Waals surface area contributed by atoms with Crippen LogP contribution in [0.5, 0.6) is 5.75 Å². The van der Waals surface area contributed by atoms with Crippen LogP contribution in [0.4, 0.5) is 19.0 Å². The quantitative estimate of drug-likeness (QED) is 0.517. The van der Waals surface area contributed by atoms with Crippen molar-refractivity contribution in [3.8, 4) is 5.75 Å². The fourth-order valence-electron chi connectivity index (χ4n) is 4.43. The highest BCUT2D eigenvalue weighted by molar-refractivity contribution is 7.12. The summed E-state index contributed by atoms with van der Waals surface area (Å²) in [6.07, 6.45) is -1.27. The van der Waals surface area contributed by atoms with Crippen molar-refractivity contribution in [2.24, 2.45) is 0 Å². The Morgan fingerprint density at radius 2 is 2.03 bits per heavy atom. The van der Waals surface area contributed by atoms with E-state index in [2.05, 4.69) is 17.2 Å². The number of benzene rings is 1. The van der Waals surface area contributed by atoms with Gasteiger partial charge in [0.15, 0.2) is 6.04 Å². The van der Waals surface area contributed by atoms with Crippen molar-refractivity contribution < 1.29 is 22.7 Å². The van der Waals surface area contributed by atoms with Crippen molar-refractivity contribution in [1.82, 2.24) is 9.78 Å². The average Bonchev–Trinajstić information content (AvgIpc) is 3.48. The van der Waals surface area contributed by atoms with Crippen LogP contribution in [0, 0.1) is 6.92 Å². The van der Waals surface area contributed by atoms with Crippen molar-refractivity contribution in [2.75, 3.05) is 11.4 Å². The molecule has 0 saturated carbocycles. The maximum Gasteiger partial charge on any atom is 0.410 e. The molecule has 32 heavy (non-hydrogen) atoms. The molecule has 168 valence electrons. The lowest BCUT2D eigenvalue weighted by molar-refractivity contribution is -0.172. The largest absolute Gasteiger partial charge is 0.489 e. The van der Waals surface area contributed by atoms with Crippen LogP contribution >= 0.6 is 11.3 Å². The Hall–Kier alpha value is -2.81. The maximum atomic E-state index is 13.4. The highest BCUT2D eigenvalue weighted by Crippen LogP contribution is 2.40. The van der Waals surface area contributed by atoms with Gasteiger partial charge in [0.25, 0.3) is 5.91 Å². The second-order valence-corrected chi connectivity index (χ2v) is 9.19. The van der Waals surface area contributed by atoms with Gasteiger partial charge in [0.2, 0.25) is 0 Å². The molecule has 9 heteroatoms. The second-order valence-electron chi connectivity index (χ2n) is 8.28. The maximum absolute atomic E-state index is 13.4. The van der Waals surface area contributed by atoms with Gasteiger partial charge in [-0.2, -0.15) is 18.3 Å². The lowest BCUT2D eigenvalue weighted by Crippen LogP contribution is -2.42. The fraction of sp³-hybridized carbons (Fsp3) is 0.391. The summed E-state index contributed by atoms with van der Waals surface area (Å²) in [6, 6.07) is 7.72. The molecule has 1 atom stereocenters. The predicted octanol–water partition coefficient (Wildman–Crippen LogP) is 5.47. The molecule has 5 rings (SSSR count). The smallest absolute Gasteiger partial charge is 0.410 e. The minimum atomic E-state index is -4.41. The molecular weight excluding hydrogens is 439 g/mol. The Kier molecular flexibility index (Phi) is 5.23. The molecule has 1 amide bonds. The standard InChI is InChI=1S/C23H22F3N3O2S/c1-14-9-21-28(8-7-20(23(24,25)26)29(21)27-14)22(30)19-10-15(13-32-19)12-31-18-6-5-16-3-2-4-17(16)11-18/h5-6,9-11,13,20H,2-4,7-8,12H2,1H3. The Morgan fingerprint density at radius 3 is 2.84 bits per heavy atom. The number of aromatic nitrogens is 2. The van der Waals surface area contributed by atoms with E-state index in [-0.39, 0.29) is 24.7 Å². The third kappa shape index (κ3) is 3.90. The van der Waals surface area contributed by atoms with Crippen molar-refractivity contribution in [3.05, 3.63) is 63.0 Å². The summed E-state index contributed by atoms with van der Waals surface area (Å²) in [4.78, 5) is 15.0. The minimum Gasteiger partial charge on any atom is -0.489 e. The second kappa shape index (κ2) is 7.95. The topological polar surface area (TPSA) is 47.4 Å². The van der Waals surface area contributed by atoms with Gasteiger partial charge >= 0.3 is 6.18 Å². The molecule has 1 aromatic carbocycles. The van der Waals surface area contributed by atoms with Crippen molar-refractivity contribution >= 4 is 23.1 Å². The normalized spacial score (nSPS) is 17.9. The minimum absolute atomic E-state index is 0.00694. The van der Waals surface area contributed by atoms with E-state index < -0.39 is 12.2 Å². The monoisotopic (exact) mass is 461 g/mol. The molecule has 3 heterocycles. The Morgan fingerprint density at radius 1 is 1.22 bits per heavy atom. The number of ether oxygens (including phenoxy) is 1. The number of hydrogen-bond acceptors (Lipinski definition) is 4. The summed E-state index contributed by atoms with van der Waals surface area (Å²) in [6.45, 7) is 1.95. The van der Waals surface area contributed by atoms with E-state index in [1.807, 2.05) is 11.4 Å². The van der Waals surface area contributed by atoms with Crippen molar-refractivity contribution in [1.29, 1.82) is 0 Å². The summed E-state index contributed by atoms with van der Waals surface area (Å²) < 4.78 is 47.1. The first kappa shape index (κ1) is 21.1. The molecule has 5 nitrogen and oxygen atoms in total. The van der Waals surface area contributed by atoms with Crippen molar-refractivity contribution in [3.63, 3.8) is 0 Å². The number of rotatable bonds is 4. The third-order valence-electron chi connectivity index (χ3n) is 6.00. The summed E-state index contributed by atoms with van der Waals surface area (Å²) in [5.41, 5.74) is 4.01. The molecule has 0 saturated heterocycles. The summed E-state index contributed by atoms with van der Waals surface area (Å²) in [5.74, 6) is 0.671. The molecule has 1 aliphatic carbocycles. The van der Waals surface area contributed by atoms with E-state index >= 15 is 0 Å². The van der Waals surface area contributed by atoms with Crippen LogP contribution in [0.1, 0.15) is 50.9 Å². The summed E-state index contributed by atoms with van der Waals surface area (Å²) >= 11 is 1.27. The van der Waals surface area contributed by atoms with E-state index in [0.29, 0.717) is 17.2 Å². The fourth-order valence-corrected chi connectivity index (χ4v) is 5.28. The van der Waals surface area contributed by atoms with Crippen LogP contribution in [0.2, 0.25) is 0 Å². The van der Waals surface area contributed by atoms with Gasteiger partial charge in [0, 0.05) is 18.2 Å². The number of carbonyl (C=O) groups is 1. The van der Waals surface area contributed by atoms with E-state index in [1.165, 1.54) is 39.9 Å². The number of alkyl halides is 3. The first-order valence-electron chi connectivity index (χ1n) is 10.6. The first-order chi connectivity index (χ1) is 15.3. The Labute approximate surface area is 187 Å². The molecule has 0 spiro atoms. The molecule has 3 aromatic rings. The van der Waals surface area contributed by atoms with E-state index in [4.69, 9.17) is 4.74 Å². The van der Waals surface area contributed by atoms with Gasteiger partial charge in [-0.1, -0.05) is 6.07 Å². The molecular formula is C23H22F3N3O2S. The van der Waals surface area contributed by atoms with Crippen LogP contribution in [0.25, 0.3) is 0 Å². The zero-order chi connectivity index (χ0) is 22.5. The van der Waals surface area contributed by atoms with Gasteiger partial charge in [-0.3, -0.25) is 9.69 Å². The van der Waals surface area contributed by atoms with Crippen LogP contribution in [0.3, 0.4) is 0 Å². The lowest BCUT2D eigenvalue weighted by atomic mass is 10.1. The number of aryl methyl sites for hydroxylation is 3. The van der Waals surface area contributed by atoms with Gasteiger partial charge in [-0.15, -0.1) is 11.3 Å². The number of carbonyl (C=O) groups excluding carboxylic acids is 1. The number of fused-ring (bicyclic) bond motifs is 2. The predicted molar refractivity (Wildman–Crippen MR) is 115 cm³/mol. The van der Waals surface area contributed by atoms with Crippen LogP contribution < -0.4 is 9.64 Å². The molecule has 1 unspecified atom stereocenters. The van der Waals surface area contributed by atoms with E-state index in [0.717, 1.165) is 28.8 Å².